The maximum Gasteiger partial charge on any atom is 0.132 e. The van der Waals surface area contributed by atoms with Crippen molar-refractivity contribution in [2.45, 2.75) is 24.7 Å². The molecule has 0 N–H and O–H groups in total. The van der Waals surface area contributed by atoms with Gasteiger partial charge in [-0.25, -0.2) is 0 Å². The van der Waals surface area contributed by atoms with Crippen molar-refractivity contribution in [2.75, 3.05) is 0 Å². The number of hydrogen-bond acceptors (Lipinski definition) is 1. The van der Waals surface area contributed by atoms with Crippen molar-refractivity contribution in [1.29, 1.82) is 0 Å². The number of ether oxygens (including phenoxy) is 1. The van der Waals surface area contributed by atoms with Gasteiger partial charge in [0, 0.05) is 21.6 Å². The summed E-state index contributed by atoms with van der Waals surface area (Å²) in [6.07, 6.45) is 0. The van der Waals surface area contributed by atoms with Crippen molar-refractivity contribution < 1.29 is 4.74 Å². The van der Waals surface area contributed by atoms with E-state index in [4.69, 9.17) is 16.3 Å². The number of rotatable bonds is 0. The minimum atomic E-state index is -0.439. The first-order valence-corrected chi connectivity index (χ1v) is 12.8. The molecule has 0 saturated heterocycles. The molecule has 0 radical (unpaired) electrons. The molecular weight excluding hydrogens is 460 g/mol. The molecule has 1 heterocycles. The molecule has 2 heteroatoms. The molecule has 8 rings (SSSR count). The van der Waals surface area contributed by atoms with E-state index in [0.717, 1.165) is 16.5 Å². The predicted molar refractivity (Wildman–Crippen MR) is 146 cm³/mol. The molecule has 0 bridgehead atoms. The molecule has 5 aromatic carbocycles. The van der Waals surface area contributed by atoms with Gasteiger partial charge in [0.1, 0.15) is 11.5 Å². The Bertz CT molecular complexity index is 1710. The van der Waals surface area contributed by atoms with Crippen LogP contribution in [0.5, 0.6) is 11.5 Å². The van der Waals surface area contributed by atoms with Crippen molar-refractivity contribution in [2.24, 2.45) is 0 Å². The predicted octanol–water partition coefficient (Wildman–Crippen LogP) is 9.12. The van der Waals surface area contributed by atoms with Crippen LogP contribution in [-0.2, 0) is 10.8 Å². The Balaban J connectivity index is 1.54. The zero-order valence-corrected chi connectivity index (χ0v) is 20.9. The summed E-state index contributed by atoms with van der Waals surface area (Å²) in [6.45, 7) is 4.57. The second-order valence-corrected chi connectivity index (χ2v) is 11.1. The lowest BCUT2D eigenvalue weighted by Gasteiger charge is -2.40. The summed E-state index contributed by atoms with van der Waals surface area (Å²) in [4.78, 5) is 0. The molecule has 0 fully saturated rings. The number of fused-ring (bicyclic) bond motifs is 12. The molecule has 0 amide bonds. The maximum absolute atomic E-state index is 6.71. The standard InChI is InChI=1S/C34H23ClO/c1-33(2)28-17-20(35)15-16-23(28)24-18-30-32(19-29(24)33)36-31-14-8-7-13-27(31)34(30)25-11-5-3-9-21(25)22-10-4-6-12-26(22)34/h3-19H,1-2H3. The van der Waals surface area contributed by atoms with Gasteiger partial charge in [0.05, 0.1) is 5.41 Å². The highest BCUT2D eigenvalue weighted by Crippen LogP contribution is 2.63. The summed E-state index contributed by atoms with van der Waals surface area (Å²) >= 11 is 6.47. The summed E-state index contributed by atoms with van der Waals surface area (Å²) in [7, 11) is 0. The fourth-order valence-corrected chi connectivity index (χ4v) is 7.23. The lowest BCUT2D eigenvalue weighted by molar-refractivity contribution is 0.435. The quantitative estimate of drug-likeness (QED) is 0.209. The van der Waals surface area contributed by atoms with Gasteiger partial charge in [-0.05, 0) is 74.8 Å². The first-order valence-electron chi connectivity index (χ1n) is 12.5. The number of halogens is 1. The Kier molecular flexibility index (Phi) is 3.79. The second kappa shape index (κ2) is 6.69. The monoisotopic (exact) mass is 482 g/mol. The molecule has 2 aliphatic carbocycles. The van der Waals surface area contributed by atoms with Gasteiger partial charge in [0.15, 0.2) is 0 Å². The fraction of sp³-hybridized carbons (Fsp3) is 0.118. The highest BCUT2D eigenvalue weighted by atomic mass is 35.5. The molecule has 5 aromatic rings. The van der Waals surface area contributed by atoms with Crippen LogP contribution in [-0.4, -0.2) is 0 Å². The average molecular weight is 483 g/mol. The highest BCUT2D eigenvalue weighted by Gasteiger charge is 2.52. The summed E-state index contributed by atoms with van der Waals surface area (Å²) in [5.41, 5.74) is 12.1. The summed E-state index contributed by atoms with van der Waals surface area (Å²) in [5.74, 6) is 1.86. The Morgan fingerprint density at radius 2 is 1.08 bits per heavy atom. The van der Waals surface area contributed by atoms with Gasteiger partial charge in [-0.3, -0.25) is 0 Å². The van der Waals surface area contributed by atoms with Crippen LogP contribution in [0.1, 0.15) is 47.2 Å². The van der Waals surface area contributed by atoms with E-state index in [-0.39, 0.29) is 5.41 Å². The molecule has 36 heavy (non-hydrogen) atoms. The highest BCUT2D eigenvalue weighted by molar-refractivity contribution is 6.30. The van der Waals surface area contributed by atoms with E-state index in [1.54, 1.807) is 0 Å². The molecule has 0 aromatic heterocycles. The third kappa shape index (κ3) is 2.28. The summed E-state index contributed by atoms with van der Waals surface area (Å²) < 4.78 is 6.71. The minimum Gasteiger partial charge on any atom is -0.457 e. The topological polar surface area (TPSA) is 9.23 Å². The van der Waals surface area contributed by atoms with E-state index >= 15 is 0 Å². The van der Waals surface area contributed by atoms with Crippen LogP contribution in [0, 0.1) is 0 Å². The minimum absolute atomic E-state index is 0.163. The molecule has 1 spiro atoms. The van der Waals surface area contributed by atoms with Crippen LogP contribution in [0.3, 0.4) is 0 Å². The third-order valence-electron chi connectivity index (χ3n) is 8.61. The SMILES string of the molecule is CC1(C)c2cc(Cl)ccc2-c2cc3c(cc21)Oc1ccccc1C31c2ccccc2-c2ccccc21. The van der Waals surface area contributed by atoms with E-state index < -0.39 is 5.41 Å². The lowest BCUT2D eigenvalue weighted by atomic mass is 9.65. The summed E-state index contributed by atoms with van der Waals surface area (Å²) in [6, 6.07) is 37.3. The average Bonchev–Trinajstić information content (AvgIpc) is 3.30. The zero-order chi connectivity index (χ0) is 24.2. The normalized spacial score (nSPS) is 16.3. The van der Waals surface area contributed by atoms with E-state index in [0.29, 0.717) is 0 Å². The van der Waals surface area contributed by atoms with E-state index in [2.05, 4.69) is 111 Å². The molecule has 0 saturated carbocycles. The van der Waals surface area contributed by atoms with Crippen LogP contribution < -0.4 is 4.74 Å². The van der Waals surface area contributed by atoms with Gasteiger partial charge in [0.25, 0.3) is 0 Å². The first kappa shape index (κ1) is 20.4. The van der Waals surface area contributed by atoms with Crippen LogP contribution in [0.25, 0.3) is 22.3 Å². The number of benzene rings is 5. The van der Waals surface area contributed by atoms with Crippen LogP contribution >= 0.6 is 11.6 Å². The van der Waals surface area contributed by atoms with Crippen molar-refractivity contribution >= 4 is 11.6 Å². The Hall–Kier alpha value is -3.81. The molecule has 172 valence electrons. The number of hydrogen-bond donors (Lipinski definition) is 0. The molecule has 1 nitrogen and oxygen atoms in total. The molecule has 0 atom stereocenters. The van der Waals surface area contributed by atoms with Gasteiger partial charge in [-0.2, -0.15) is 0 Å². The second-order valence-electron chi connectivity index (χ2n) is 10.6. The summed E-state index contributed by atoms with van der Waals surface area (Å²) in [5, 5.41) is 0.776. The van der Waals surface area contributed by atoms with Gasteiger partial charge in [0.2, 0.25) is 0 Å². The maximum atomic E-state index is 6.71. The van der Waals surface area contributed by atoms with Crippen molar-refractivity contribution in [3.05, 3.63) is 142 Å². The van der Waals surface area contributed by atoms with Crippen molar-refractivity contribution in [3.63, 3.8) is 0 Å². The van der Waals surface area contributed by atoms with Crippen LogP contribution in [0.15, 0.2) is 103 Å². The van der Waals surface area contributed by atoms with Gasteiger partial charge >= 0.3 is 0 Å². The fourth-order valence-electron chi connectivity index (χ4n) is 7.06. The number of para-hydroxylation sites is 1. The molecule has 1 aliphatic heterocycles. The van der Waals surface area contributed by atoms with Crippen molar-refractivity contribution in [3.8, 4) is 33.8 Å². The van der Waals surface area contributed by atoms with Gasteiger partial charge < -0.3 is 4.74 Å². The zero-order valence-electron chi connectivity index (χ0n) is 20.1. The van der Waals surface area contributed by atoms with Gasteiger partial charge in [-0.1, -0.05) is 98.2 Å². The molecule has 0 unspecified atom stereocenters. The van der Waals surface area contributed by atoms with Gasteiger partial charge in [-0.15, -0.1) is 0 Å². The Labute approximate surface area is 216 Å². The largest absolute Gasteiger partial charge is 0.457 e. The van der Waals surface area contributed by atoms with E-state index in [9.17, 15) is 0 Å². The molecular formula is C34H23ClO. The van der Waals surface area contributed by atoms with Crippen LogP contribution in [0.2, 0.25) is 5.02 Å². The third-order valence-corrected chi connectivity index (χ3v) is 8.84. The van der Waals surface area contributed by atoms with E-state index in [1.165, 1.54) is 55.6 Å². The Morgan fingerprint density at radius 1 is 0.500 bits per heavy atom. The Morgan fingerprint density at radius 3 is 1.81 bits per heavy atom. The lowest BCUT2D eigenvalue weighted by Crippen LogP contribution is -2.32. The van der Waals surface area contributed by atoms with Crippen LogP contribution in [0.4, 0.5) is 0 Å². The van der Waals surface area contributed by atoms with E-state index in [1.807, 2.05) is 6.07 Å². The van der Waals surface area contributed by atoms with Crippen molar-refractivity contribution in [1.82, 2.24) is 0 Å². The smallest absolute Gasteiger partial charge is 0.132 e. The first-order chi connectivity index (χ1) is 17.5. The molecule has 3 aliphatic rings.